The molecule has 3 fully saturated rings. The van der Waals surface area contributed by atoms with Crippen molar-refractivity contribution in [2.45, 2.75) is 39.2 Å². The lowest BCUT2D eigenvalue weighted by atomic mass is 9.87. The van der Waals surface area contributed by atoms with E-state index in [1.54, 1.807) is 13.3 Å². The fourth-order valence-electron chi connectivity index (χ4n) is 5.68. The quantitative estimate of drug-likeness (QED) is 0.783. The van der Waals surface area contributed by atoms with Crippen molar-refractivity contribution in [3.8, 4) is 0 Å². The highest BCUT2D eigenvalue weighted by Gasteiger charge is 2.49. The lowest BCUT2D eigenvalue weighted by molar-refractivity contribution is -0.130. The third-order valence-electron chi connectivity index (χ3n) is 7.22. The van der Waals surface area contributed by atoms with E-state index in [-0.39, 0.29) is 11.9 Å². The smallest absolute Gasteiger partial charge is 0.219 e. The molecule has 2 aromatic rings. The Morgan fingerprint density at radius 2 is 1.70 bits per heavy atom. The van der Waals surface area contributed by atoms with Crippen molar-refractivity contribution in [3.05, 3.63) is 47.8 Å². The molecule has 0 spiro atoms. The van der Waals surface area contributed by atoms with Gasteiger partial charge in [-0.25, -0.2) is 9.97 Å². The van der Waals surface area contributed by atoms with Gasteiger partial charge in [0, 0.05) is 57.5 Å². The highest BCUT2D eigenvalue weighted by Crippen LogP contribution is 2.46. The van der Waals surface area contributed by atoms with Crippen molar-refractivity contribution in [3.63, 3.8) is 0 Å². The minimum atomic E-state index is 0.155. The maximum absolute atomic E-state index is 12.4. The topological polar surface area (TPSA) is 52.6 Å². The number of nitrogens with zero attached hydrogens (tertiary/aromatic N) is 5. The number of piperidine rings is 1. The first-order chi connectivity index (χ1) is 14.6. The van der Waals surface area contributed by atoms with Crippen molar-refractivity contribution in [2.24, 2.45) is 11.8 Å². The Morgan fingerprint density at radius 1 is 0.967 bits per heavy atom. The van der Waals surface area contributed by atoms with E-state index in [9.17, 15) is 4.79 Å². The van der Waals surface area contributed by atoms with Crippen LogP contribution >= 0.6 is 0 Å². The summed E-state index contributed by atoms with van der Waals surface area (Å²) in [5, 5.41) is 0. The average molecular weight is 406 g/mol. The van der Waals surface area contributed by atoms with E-state index in [0.29, 0.717) is 11.8 Å². The number of carbonyl (C=O) groups is 1. The second-order valence-corrected chi connectivity index (χ2v) is 9.08. The van der Waals surface area contributed by atoms with Gasteiger partial charge in [0.25, 0.3) is 0 Å². The molecule has 4 heterocycles. The number of aromatic nitrogens is 2. The Hall–Kier alpha value is -2.63. The molecule has 0 radical (unpaired) electrons. The molecule has 1 aromatic heterocycles. The monoisotopic (exact) mass is 405 g/mol. The number of rotatable bonds is 3. The summed E-state index contributed by atoms with van der Waals surface area (Å²) in [5.74, 6) is 3.17. The van der Waals surface area contributed by atoms with Crippen LogP contribution in [-0.4, -0.2) is 53.5 Å². The Morgan fingerprint density at radius 3 is 2.43 bits per heavy atom. The number of benzene rings is 1. The van der Waals surface area contributed by atoms with Gasteiger partial charge < -0.3 is 14.7 Å². The molecule has 5 rings (SSSR count). The summed E-state index contributed by atoms with van der Waals surface area (Å²) in [4.78, 5) is 28.5. The summed E-state index contributed by atoms with van der Waals surface area (Å²) in [6, 6.07) is 10.8. The van der Waals surface area contributed by atoms with E-state index in [4.69, 9.17) is 0 Å². The predicted octanol–water partition coefficient (Wildman–Crippen LogP) is 3.43. The van der Waals surface area contributed by atoms with Crippen LogP contribution < -0.4 is 9.80 Å². The zero-order valence-corrected chi connectivity index (χ0v) is 18.0. The van der Waals surface area contributed by atoms with Crippen LogP contribution in [-0.2, 0) is 4.79 Å². The average Bonchev–Trinajstić information content (AvgIpc) is 3.33. The van der Waals surface area contributed by atoms with E-state index in [2.05, 4.69) is 61.9 Å². The fourth-order valence-corrected chi connectivity index (χ4v) is 5.68. The lowest BCUT2D eigenvalue weighted by Gasteiger charge is -2.31. The molecule has 1 amide bonds. The SMILES string of the molecule is CC(=O)N1C[C@H]2CN(c3cc(N4CCCCC4)ncn3)C[C@H]2[C@@H]1c1ccccc1C. The summed E-state index contributed by atoms with van der Waals surface area (Å²) >= 11 is 0. The van der Waals surface area contributed by atoms with Crippen LogP contribution in [0, 0.1) is 18.8 Å². The largest absolute Gasteiger partial charge is 0.356 e. The van der Waals surface area contributed by atoms with E-state index in [0.717, 1.165) is 44.4 Å². The minimum Gasteiger partial charge on any atom is -0.356 e. The third-order valence-corrected chi connectivity index (χ3v) is 7.22. The third kappa shape index (κ3) is 3.42. The van der Waals surface area contributed by atoms with Crippen LogP contribution in [0.1, 0.15) is 43.4 Å². The summed E-state index contributed by atoms with van der Waals surface area (Å²) in [5.41, 5.74) is 2.56. The molecule has 6 heteroatoms. The van der Waals surface area contributed by atoms with E-state index >= 15 is 0 Å². The molecule has 0 bridgehead atoms. The molecule has 0 saturated carbocycles. The first-order valence-corrected chi connectivity index (χ1v) is 11.3. The number of likely N-dealkylation sites (tertiary alicyclic amines) is 1. The summed E-state index contributed by atoms with van der Waals surface area (Å²) in [6.07, 6.45) is 5.52. The van der Waals surface area contributed by atoms with Gasteiger partial charge in [-0.3, -0.25) is 4.79 Å². The molecule has 30 heavy (non-hydrogen) atoms. The van der Waals surface area contributed by atoms with E-state index in [1.165, 1.54) is 30.4 Å². The Kier molecular flexibility index (Phi) is 5.09. The maximum Gasteiger partial charge on any atom is 0.219 e. The highest BCUT2D eigenvalue weighted by molar-refractivity contribution is 5.74. The number of anilines is 2. The number of aryl methyl sites for hydroxylation is 1. The number of amides is 1. The van der Waals surface area contributed by atoms with Crippen LogP contribution in [0.15, 0.2) is 36.7 Å². The molecule has 6 nitrogen and oxygen atoms in total. The Balaban J connectivity index is 1.40. The Bertz CT molecular complexity index is 925. The van der Waals surface area contributed by atoms with Crippen molar-refractivity contribution in [2.75, 3.05) is 42.5 Å². The molecule has 3 aliphatic heterocycles. The molecule has 0 N–H and O–H groups in total. The van der Waals surface area contributed by atoms with Gasteiger partial charge in [0.05, 0.1) is 6.04 Å². The highest BCUT2D eigenvalue weighted by atomic mass is 16.2. The van der Waals surface area contributed by atoms with E-state index < -0.39 is 0 Å². The van der Waals surface area contributed by atoms with Gasteiger partial charge >= 0.3 is 0 Å². The fraction of sp³-hybridized carbons (Fsp3) is 0.542. The minimum absolute atomic E-state index is 0.155. The second kappa shape index (κ2) is 7.89. The molecule has 0 unspecified atom stereocenters. The van der Waals surface area contributed by atoms with Crippen LogP contribution in [0.3, 0.4) is 0 Å². The summed E-state index contributed by atoms with van der Waals surface area (Å²) in [6.45, 7) is 8.76. The summed E-state index contributed by atoms with van der Waals surface area (Å²) < 4.78 is 0. The maximum atomic E-state index is 12.4. The zero-order valence-electron chi connectivity index (χ0n) is 18.0. The van der Waals surface area contributed by atoms with Gasteiger partial charge in [0.15, 0.2) is 0 Å². The van der Waals surface area contributed by atoms with Crippen LogP contribution in [0.25, 0.3) is 0 Å². The first kappa shape index (κ1) is 19.3. The molecule has 3 saturated heterocycles. The van der Waals surface area contributed by atoms with Crippen molar-refractivity contribution in [1.29, 1.82) is 0 Å². The van der Waals surface area contributed by atoms with Gasteiger partial charge in [-0.15, -0.1) is 0 Å². The van der Waals surface area contributed by atoms with Gasteiger partial charge in [0.1, 0.15) is 18.0 Å². The Labute approximate surface area is 178 Å². The van der Waals surface area contributed by atoms with Gasteiger partial charge in [-0.05, 0) is 37.3 Å². The zero-order chi connectivity index (χ0) is 20.7. The van der Waals surface area contributed by atoms with E-state index in [1.807, 2.05) is 0 Å². The summed E-state index contributed by atoms with van der Waals surface area (Å²) in [7, 11) is 0. The van der Waals surface area contributed by atoms with Gasteiger partial charge in [0.2, 0.25) is 5.91 Å². The molecule has 3 atom stereocenters. The van der Waals surface area contributed by atoms with Crippen LogP contribution in [0.5, 0.6) is 0 Å². The van der Waals surface area contributed by atoms with Crippen molar-refractivity contribution < 1.29 is 4.79 Å². The van der Waals surface area contributed by atoms with Gasteiger partial charge in [-0.1, -0.05) is 24.3 Å². The normalized spacial score (nSPS) is 26.2. The number of hydrogen-bond donors (Lipinski definition) is 0. The predicted molar refractivity (Wildman–Crippen MR) is 119 cm³/mol. The number of fused-ring (bicyclic) bond motifs is 1. The number of carbonyl (C=O) groups excluding carboxylic acids is 1. The molecule has 158 valence electrons. The van der Waals surface area contributed by atoms with Crippen LogP contribution in [0.2, 0.25) is 0 Å². The molecule has 0 aliphatic carbocycles. The number of hydrogen-bond acceptors (Lipinski definition) is 5. The van der Waals surface area contributed by atoms with Crippen molar-refractivity contribution in [1.82, 2.24) is 14.9 Å². The molecular formula is C24H31N5O. The van der Waals surface area contributed by atoms with Gasteiger partial charge in [-0.2, -0.15) is 0 Å². The van der Waals surface area contributed by atoms with Crippen molar-refractivity contribution >= 4 is 17.5 Å². The van der Waals surface area contributed by atoms with Crippen LogP contribution in [0.4, 0.5) is 11.6 Å². The second-order valence-electron chi connectivity index (χ2n) is 9.08. The standard InChI is InChI=1S/C24H31N5O/c1-17-8-4-5-9-20(17)24-21-15-28(13-19(21)14-29(24)18(2)30)23-12-22(25-16-26-23)27-10-6-3-7-11-27/h4-5,8-9,12,16,19,21,24H,3,6-7,10-11,13-15H2,1-2H3/t19-,21-,24+/m1/s1. The molecule has 3 aliphatic rings. The molecular weight excluding hydrogens is 374 g/mol. The lowest BCUT2D eigenvalue weighted by Crippen LogP contribution is -2.35. The molecule has 1 aromatic carbocycles. The first-order valence-electron chi connectivity index (χ1n) is 11.3.